The molecule has 0 amide bonds. The van der Waals surface area contributed by atoms with Gasteiger partial charge in [0.05, 0.1) is 24.3 Å². The molecule has 8 heteroatoms. The normalized spacial score (nSPS) is 15.6. The molecule has 3 rings (SSSR count). The molecule has 1 saturated heterocycles. The number of carbonyl (C=O) groups is 3. The van der Waals surface area contributed by atoms with Crippen LogP contribution < -0.4 is 9.47 Å². The number of carboxylic acid groups (broad SMARTS) is 1. The highest BCUT2D eigenvalue weighted by atomic mass is 16.6. The Morgan fingerprint density at radius 3 is 2.47 bits per heavy atom. The SMILES string of the molecule is COCc1c(C(=O)O)cc(OC(C)=O)c(OC(=O)c2ccccc2)c1C1CCOC1. The first-order valence-electron chi connectivity index (χ1n) is 9.37. The molecule has 1 heterocycles. The van der Waals surface area contributed by atoms with Crippen molar-refractivity contribution in [2.24, 2.45) is 0 Å². The summed E-state index contributed by atoms with van der Waals surface area (Å²) in [5, 5.41) is 9.73. The Labute approximate surface area is 173 Å². The number of carbonyl (C=O) groups excluding carboxylic acids is 2. The number of benzene rings is 2. The summed E-state index contributed by atoms with van der Waals surface area (Å²) >= 11 is 0. The number of hydrogen-bond acceptors (Lipinski definition) is 7. The number of rotatable bonds is 7. The van der Waals surface area contributed by atoms with E-state index in [9.17, 15) is 19.5 Å². The van der Waals surface area contributed by atoms with Crippen LogP contribution in [0, 0.1) is 0 Å². The van der Waals surface area contributed by atoms with Gasteiger partial charge in [0.1, 0.15) is 0 Å². The van der Waals surface area contributed by atoms with Gasteiger partial charge in [-0.1, -0.05) is 18.2 Å². The molecule has 0 bridgehead atoms. The van der Waals surface area contributed by atoms with Crippen molar-refractivity contribution in [2.75, 3.05) is 20.3 Å². The molecular formula is C22H22O8. The van der Waals surface area contributed by atoms with Crippen molar-refractivity contribution in [2.45, 2.75) is 25.9 Å². The summed E-state index contributed by atoms with van der Waals surface area (Å²) in [6.07, 6.45) is 0.592. The van der Waals surface area contributed by atoms with E-state index in [0.717, 1.165) is 0 Å². The molecule has 8 nitrogen and oxygen atoms in total. The number of ether oxygens (including phenoxy) is 4. The standard InChI is InChI=1S/C22H22O8/c1-13(23)29-18-10-16(21(24)25)17(12-27-2)19(15-8-9-28-11-15)20(18)30-22(26)14-6-4-3-5-7-14/h3-7,10,15H,8-9,11-12H2,1-2H3,(H,24,25). The van der Waals surface area contributed by atoms with Gasteiger partial charge in [-0.3, -0.25) is 4.79 Å². The highest BCUT2D eigenvalue weighted by molar-refractivity contribution is 5.94. The van der Waals surface area contributed by atoms with Gasteiger partial charge >= 0.3 is 17.9 Å². The predicted molar refractivity (Wildman–Crippen MR) is 105 cm³/mol. The molecule has 0 aromatic heterocycles. The Kier molecular flexibility index (Phi) is 6.81. The fraction of sp³-hybridized carbons (Fsp3) is 0.318. The fourth-order valence-electron chi connectivity index (χ4n) is 3.45. The van der Waals surface area contributed by atoms with Gasteiger partial charge in [0.2, 0.25) is 0 Å². The Bertz CT molecular complexity index is 945. The largest absolute Gasteiger partial charge is 0.478 e. The third-order valence-corrected chi connectivity index (χ3v) is 4.71. The second kappa shape index (κ2) is 9.51. The average molecular weight is 414 g/mol. The third kappa shape index (κ3) is 4.67. The first-order valence-corrected chi connectivity index (χ1v) is 9.37. The van der Waals surface area contributed by atoms with E-state index in [2.05, 4.69) is 0 Å². The van der Waals surface area contributed by atoms with Gasteiger partial charge in [-0.2, -0.15) is 0 Å². The molecule has 0 spiro atoms. The van der Waals surface area contributed by atoms with Crippen molar-refractivity contribution in [3.8, 4) is 11.5 Å². The molecule has 158 valence electrons. The summed E-state index contributed by atoms with van der Waals surface area (Å²) in [7, 11) is 1.44. The fourth-order valence-corrected chi connectivity index (χ4v) is 3.45. The van der Waals surface area contributed by atoms with Crippen LogP contribution in [0.15, 0.2) is 36.4 Å². The molecule has 0 saturated carbocycles. The average Bonchev–Trinajstić information content (AvgIpc) is 3.24. The van der Waals surface area contributed by atoms with E-state index >= 15 is 0 Å². The number of esters is 2. The van der Waals surface area contributed by atoms with Crippen molar-refractivity contribution in [1.82, 2.24) is 0 Å². The van der Waals surface area contributed by atoms with E-state index in [1.807, 2.05) is 0 Å². The number of methoxy groups -OCH3 is 1. The zero-order chi connectivity index (χ0) is 21.7. The highest BCUT2D eigenvalue weighted by Gasteiger charge is 2.32. The van der Waals surface area contributed by atoms with E-state index < -0.39 is 17.9 Å². The lowest BCUT2D eigenvalue weighted by molar-refractivity contribution is -0.132. The van der Waals surface area contributed by atoms with Crippen LogP contribution in [-0.4, -0.2) is 43.3 Å². The quantitative estimate of drug-likeness (QED) is 0.544. The molecule has 30 heavy (non-hydrogen) atoms. The molecular weight excluding hydrogens is 392 g/mol. The van der Waals surface area contributed by atoms with Gasteiger partial charge in [0.15, 0.2) is 11.5 Å². The van der Waals surface area contributed by atoms with Crippen LogP contribution in [0.25, 0.3) is 0 Å². The molecule has 2 aromatic carbocycles. The Morgan fingerprint density at radius 2 is 1.90 bits per heavy atom. The molecule has 0 aliphatic carbocycles. The second-order valence-electron chi connectivity index (χ2n) is 6.79. The predicted octanol–water partition coefficient (Wildman–Crippen LogP) is 3.18. The minimum Gasteiger partial charge on any atom is -0.478 e. The van der Waals surface area contributed by atoms with Crippen LogP contribution in [-0.2, 0) is 20.9 Å². The van der Waals surface area contributed by atoms with Crippen molar-refractivity contribution >= 4 is 17.9 Å². The minimum atomic E-state index is -1.21. The first kappa shape index (κ1) is 21.5. The lowest BCUT2D eigenvalue weighted by Gasteiger charge is -2.22. The Balaban J connectivity index is 2.21. The van der Waals surface area contributed by atoms with Crippen LogP contribution in [0.1, 0.15) is 51.1 Å². The Hall–Kier alpha value is -3.23. The van der Waals surface area contributed by atoms with Gasteiger partial charge in [-0.25, -0.2) is 9.59 Å². The topological polar surface area (TPSA) is 108 Å². The molecule has 1 atom stereocenters. The van der Waals surface area contributed by atoms with E-state index in [1.165, 1.54) is 20.1 Å². The molecule has 1 aliphatic rings. The minimum absolute atomic E-state index is 0.00611. The number of hydrogen-bond donors (Lipinski definition) is 1. The third-order valence-electron chi connectivity index (χ3n) is 4.71. The lowest BCUT2D eigenvalue weighted by Crippen LogP contribution is -2.18. The van der Waals surface area contributed by atoms with Crippen LogP contribution in [0.5, 0.6) is 11.5 Å². The lowest BCUT2D eigenvalue weighted by atomic mass is 9.89. The van der Waals surface area contributed by atoms with Crippen LogP contribution >= 0.6 is 0 Å². The van der Waals surface area contributed by atoms with Gasteiger partial charge in [-0.05, 0) is 30.2 Å². The molecule has 0 radical (unpaired) electrons. The molecule has 1 N–H and O–H groups in total. The van der Waals surface area contributed by atoms with Crippen LogP contribution in [0.2, 0.25) is 0 Å². The molecule has 2 aromatic rings. The smallest absolute Gasteiger partial charge is 0.343 e. The van der Waals surface area contributed by atoms with Crippen molar-refractivity contribution in [3.63, 3.8) is 0 Å². The highest BCUT2D eigenvalue weighted by Crippen LogP contribution is 2.44. The van der Waals surface area contributed by atoms with Gasteiger partial charge in [-0.15, -0.1) is 0 Å². The summed E-state index contributed by atoms with van der Waals surface area (Å²) in [4.78, 5) is 36.4. The van der Waals surface area contributed by atoms with E-state index in [1.54, 1.807) is 30.3 Å². The maximum atomic E-state index is 12.8. The Morgan fingerprint density at radius 1 is 1.17 bits per heavy atom. The zero-order valence-corrected chi connectivity index (χ0v) is 16.7. The summed E-state index contributed by atoms with van der Waals surface area (Å²) in [5.74, 6) is -2.91. The molecule has 1 fully saturated rings. The maximum Gasteiger partial charge on any atom is 0.343 e. The van der Waals surface area contributed by atoms with Crippen LogP contribution in [0.4, 0.5) is 0 Å². The molecule has 1 aliphatic heterocycles. The van der Waals surface area contributed by atoms with Gasteiger partial charge in [0, 0.05) is 32.1 Å². The van der Waals surface area contributed by atoms with E-state index in [0.29, 0.717) is 36.3 Å². The van der Waals surface area contributed by atoms with E-state index in [4.69, 9.17) is 18.9 Å². The van der Waals surface area contributed by atoms with Crippen LogP contribution in [0.3, 0.4) is 0 Å². The van der Waals surface area contributed by atoms with Crippen molar-refractivity contribution < 1.29 is 38.4 Å². The van der Waals surface area contributed by atoms with Crippen molar-refractivity contribution in [1.29, 1.82) is 0 Å². The first-order chi connectivity index (χ1) is 14.4. The maximum absolute atomic E-state index is 12.8. The summed E-state index contributed by atoms with van der Waals surface area (Å²) in [6, 6.07) is 9.52. The summed E-state index contributed by atoms with van der Waals surface area (Å²) in [5.41, 5.74) is 1.01. The monoisotopic (exact) mass is 414 g/mol. The van der Waals surface area contributed by atoms with E-state index in [-0.39, 0.29) is 29.6 Å². The number of carboxylic acids is 1. The second-order valence-corrected chi connectivity index (χ2v) is 6.79. The van der Waals surface area contributed by atoms with Gasteiger partial charge < -0.3 is 24.1 Å². The summed E-state index contributed by atoms with van der Waals surface area (Å²) < 4.78 is 21.6. The zero-order valence-electron chi connectivity index (χ0n) is 16.7. The summed E-state index contributed by atoms with van der Waals surface area (Å²) in [6.45, 7) is 1.95. The van der Waals surface area contributed by atoms with Crippen molar-refractivity contribution in [3.05, 3.63) is 58.7 Å². The number of aromatic carboxylic acids is 1. The molecule has 1 unspecified atom stereocenters. The van der Waals surface area contributed by atoms with Gasteiger partial charge in [0.25, 0.3) is 0 Å².